The number of benzene rings is 4. The minimum absolute atomic E-state index is 0. The fraction of sp³-hybridized carbons (Fsp3) is 0.466. The third-order valence-corrected chi connectivity index (χ3v) is 15.8. The van der Waals surface area contributed by atoms with Gasteiger partial charge in [0.15, 0.2) is 12.0 Å². The van der Waals surface area contributed by atoms with Crippen LogP contribution in [0.15, 0.2) is 97.1 Å². The van der Waals surface area contributed by atoms with E-state index in [9.17, 15) is 79.0 Å². The third-order valence-electron chi connectivity index (χ3n) is 15.3. The Balaban J connectivity index is 0.0000121. The molecule has 0 aliphatic carbocycles. The van der Waals surface area contributed by atoms with Gasteiger partial charge in [-0.05, 0) is 84.5 Å². The normalized spacial score (nSPS) is 26.6. The number of aliphatic hydroxyl groups is 8. The summed E-state index contributed by atoms with van der Waals surface area (Å²) in [6.45, 7) is 5.33. The number of hydrogen-bond acceptors (Lipinski definition) is 20. The van der Waals surface area contributed by atoms with Gasteiger partial charge in [0.2, 0.25) is 35.4 Å². The van der Waals surface area contributed by atoms with Gasteiger partial charge < -0.3 is 82.0 Å². The monoisotopic (exact) mass is 1240 g/mol. The number of hydrogen-bond donors (Lipinski definition) is 14. The minimum atomic E-state index is -3.03. The largest absolute Gasteiger partial charge is 0.781 e. The van der Waals surface area contributed by atoms with Crippen LogP contribution in [0.25, 0.3) is 22.3 Å². The predicted octanol–water partition coefficient (Wildman–Crippen LogP) is 0.0456. The summed E-state index contributed by atoms with van der Waals surface area (Å²) >= 11 is 0. The SMILES string of the molecule is CCCCCOc1ccc(-c2ccc(-c3ccc(C(=O)NC4C[C@@H](O)[C@@H](O)NC(=O)[C@@H]5[C@@H](O)[C@@H](C)CN5C(=O)[C@H]([C@@H](C)O)NC(=O)C([C@H](O)[C@@H](O)c5ccc(O[P+](=O)OO)cc5)NC(=O)[C@@H]5C[C@@H](O)CN5C(=O)[C@H]([C@@H](C)O)NC4=O)cc3)cc2)cc1.F. The molecule has 3 saturated heterocycles. The second-order valence-corrected chi connectivity index (χ2v) is 22.5. The zero-order chi connectivity index (χ0) is 62.7. The van der Waals surface area contributed by atoms with Gasteiger partial charge in [-0.15, -0.1) is 0 Å². The standard InChI is InChI=1S/C58H72N7O20P.FH/c1-5-6-7-24-83-39-20-16-35(17-21-39)33-10-8-32(9-11-33)34-12-14-37(15-13-34)51(73)59-41-26-43(69)54(76)63-56(78)47-48(70)29(2)27-65(47)58(80)45(31(4)67)61-55(77)46(50(72)49(71)36-18-22-40(23-19-36)84-86(82)85-81)62-53(75)42-25-38(68)28-64(42)57(79)44(30(3)66)60-52(41)74;/h8-23,29-31,38,41-50,54,66-72,76H,5-7,24-28H2,1-4H3,(H5-,59,60,61,62,63,73,74,75,77,78,81);1H/p+1/t29-,30+,31+,38+,41?,42-,43+,44-,45-,46?,47-,48-,49-,50-,54+;/m0./s1. The van der Waals surface area contributed by atoms with E-state index in [4.69, 9.17) is 14.5 Å². The molecule has 0 saturated carbocycles. The molecule has 3 unspecified atom stereocenters. The number of aliphatic hydroxyl groups excluding tert-OH is 8. The van der Waals surface area contributed by atoms with Gasteiger partial charge in [-0.2, -0.15) is 0 Å². The number of unbranched alkanes of at least 4 members (excludes halogenated alkanes) is 2. The maximum atomic E-state index is 14.5. The maximum Gasteiger partial charge on any atom is 0.781 e. The number of amides is 7. The van der Waals surface area contributed by atoms with Crippen LogP contribution in [0.3, 0.4) is 0 Å². The molecule has 3 fully saturated rings. The van der Waals surface area contributed by atoms with Gasteiger partial charge in [-0.3, -0.25) is 38.3 Å². The predicted molar refractivity (Wildman–Crippen MR) is 306 cm³/mol. The molecule has 0 radical (unpaired) electrons. The lowest BCUT2D eigenvalue weighted by Crippen LogP contribution is -2.64. The van der Waals surface area contributed by atoms with Crippen LogP contribution in [0.1, 0.15) is 81.8 Å². The lowest BCUT2D eigenvalue weighted by atomic mass is 9.96. The van der Waals surface area contributed by atoms with Gasteiger partial charge in [0, 0.05) is 42.0 Å². The average Bonchev–Trinajstić information content (AvgIpc) is 2.02. The molecule has 27 nitrogen and oxygen atoms in total. The van der Waals surface area contributed by atoms with Crippen LogP contribution in [-0.4, -0.2) is 196 Å². The van der Waals surface area contributed by atoms with Crippen molar-refractivity contribution in [3.05, 3.63) is 108 Å². The summed E-state index contributed by atoms with van der Waals surface area (Å²) in [4.78, 5) is 102. The van der Waals surface area contributed by atoms with E-state index in [1.807, 2.05) is 48.5 Å². The molecule has 14 N–H and O–H groups in total. The summed E-state index contributed by atoms with van der Waals surface area (Å²) < 4.78 is 25.9. The second-order valence-electron chi connectivity index (χ2n) is 21.7. The number of nitrogens with one attached hydrogen (secondary N) is 5. The van der Waals surface area contributed by atoms with Gasteiger partial charge in [0.05, 0.1) is 35.7 Å². The highest BCUT2D eigenvalue weighted by molar-refractivity contribution is 7.33. The Bertz CT molecular complexity index is 3040. The van der Waals surface area contributed by atoms with Crippen LogP contribution >= 0.6 is 8.25 Å². The van der Waals surface area contributed by atoms with E-state index < -0.39 is 167 Å². The Morgan fingerprint density at radius 3 is 1.72 bits per heavy atom. The number of carbonyl (C=O) groups is 7. The van der Waals surface area contributed by atoms with Crippen molar-refractivity contribution in [1.82, 2.24) is 36.4 Å². The minimum Gasteiger partial charge on any atom is -0.494 e. The Kier molecular flexibility index (Phi) is 24.3. The molecule has 4 aromatic rings. The first-order chi connectivity index (χ1) is 40.9. The summed E-state index contributed by atoms with van der Waals surface area (Å²) in [6, 6.07) is 14.2. The highest BCUT2D eigenvalue weighted by Gasteiger charge is 2.50. The Labute approximate surface area is 499 Å². The molecule has 0 bridgehead atoms. The van der Waals surface area contributed by atoms with E-state index in [1.165, 1.54) is 19.1 Å². The lowest BCUT2D eigenvalue weighted by molar-refractivity contribution is -0.148. The van der Waals surface area contributed by atoms with Crippen molar-refractivity contribution in [1.29, 1.82) is 0 Å². The van der Waals surface area contributed by atoms with Gasteiger partial charge >= 0.3 is 8.25 Å². The first kappa shape index (κ1) is 68.5. The third kappa shape index (κ3) is 16.9. The molecule has 4 aromatic carbocycles. The van der Waals surface area contributed by atoms with Gasteiger partial charge in [-0.1, -0.05) is 87.4 Å². The fourth-order valence-corrected chi connectivity index (χ4v) is 10.7. The van der Waals surface area contributed by atoms with Crippen LogP contribution in [0.2, 0.25) is 0 Å². The van der Waals surface area contributed by atoms with Gasteiger partial charge in [-0.25, -0.2) is 9.78 Å². The molecule has 0 spiro atoms. The molecule has 3 aliphatic heterocycles. The van der Waals surface area contributed by atoms with Crippen LogP contribution in [0, 0.1) is 5.92 Å². The number of nitrogens with zero attached hydrogens (tertiary/aromatic N) is 2. The van der Waals surface area contributed by atoms with Crippen LogP contribution in [0.5, 0.6) is 11.5 Å². The molecule has 0 aromatic heterocycles. The fourth-order valence-electron chi connectivity index (χ4n) is 10.4. The summed E-state index contributed by atoms with van der Waals surface area (Å²) in [5, 5.41) is 110. The van der Waals surface area contributed by atoms with Crippen molar-refractivity contribution < 1.29 is 103 Å². The van der Waals surface area contributed by atoms with E-state index >= 15 is 0 Å². The maximum absolute atomic E-state index is 14.5. The number of fused-ring (bicyclic) bond motifs is 2. The molecular formula is C58H74FN7O20P+. The first-order valence-corrected chi connectivity index (χ1v) is 29.1. The molecule has 87 heavy (non-hydrogen) atoms. The quantitative estimate of drug-likeness (QED) is 0.0287. The van der Waals surface area contributed by atoms with Crippen molar-refractivity contribution >= 4 is 49.6 Å². The molecule has 7 amide bonds. The molecule has 3 heterocycles. The van der Waals surface area contributed by atoms with Crippen LogP contribution in [-0.2, 0) is 38.0 Å². The molecule has 29 heteroatoms. The molecule has 16 atom stereocenters. The Morgan fingerprint density at radius 1 is 0.655 bits per heavy atom. The Morgan fingerprint density at radius 2 is 1.17 bits per heavy atom. The van der Waals surface area contributed by atoms with E-state index in [1.54, 1.807) is 12.1 Å². The summed E-state index contributed by atoms with van der Waals surface area (Å²) in [5.74, 6) is -8.87. The Hall–Kier alpha value is -7.60. The number of ether oxygens (including phenoxy) is 1. The van der Waals surface area contributed by atoms with Crippen LogP contribution in [0.4, 0.5) is 4.70 Å². The summed E-state index contributed by atoms with van der Waals surface area (Å²) in [6.07, 6.45) is -14.1. The molecule has 472 valence electrons. The van der Waals surface area contributed by atoms with E-state index in [-0.39, 0.29) is 21.6 Å². The van der Waals surface area contributed by atoms with Crippen molar-refractivity contribution in [3.8, 4) is 33.8 Å². The highest BCUT2D eigenvalue weighted by atomic mass is 31.1. The van der Waals surface area contributed by atoms with Crippen molar-refractivity contribution in [2.24, 2.45) is 5.92 Å². The van der Waals surface area contributed by atoms with Gasteiger partial charge in [0.25, 0.3) is 5.91 Å². The van der Waals surface area contributed by atoms with Crippen LogP contribution < -0.4 is 35.8 Å². The summed E-state index contributed by atoms with van der Waals surface area (Å²) in [7, 11) is -3.03. The topological polar surface area (TPSA) is 413 Å². The highest BCUT2D eigenvalue weighted by Crippen LogP contribution is 2.32. The summed E-state index contributed by atoms with van der Waals surface area (Å²) in [5.41, 5.74) is 3.22. The smallest absolute Gasteiger partial charge is 0.494 e. The van der Waals surface area contributed by atoms with Crippen molar-refractivity contribution in [2.45, 2.75) is 145 Å². The van der Waals surface area contributed by atoms with Gasteiger partial charge in [0.1, 0.15) is 60.3 Å². The van der Waals surface area contributed by atoms with E-state index in [2.05, 4.69) is 38.2 Å². The zero-order valence-electron chi connectivity index (χ0n) is 47.8. The van der Waals surface area contributed by atoms with E-state index in [0.29, 0.717) is 12.2 Å². The zero-order valence-corrected chi connectivity index (χ0v) is 48.7. The second kappa shape index (κ2) is 30.8. The van der Waals surface area contributed by atoms with Crippen molar-refractivity contribution in [2.75, 3.05) is 19.7 Å². The van der Waals surface area contributed by atoms with Crippen molar-refractivity contribution in [3.63, 3.8) is 0 Å². The number of halogens is 1. The number of carbonyl (C=O) groups excluding carboxylic acids is 7. The average molecular weight is 1240 g/mol. The molecule has 7 rings (SSSR count). The lowest BCUT2D eigenvalue weighted by Gasteiger charge is -2.34. The number of rotatable bonds is 17. The van der Waals surface area contributed by atoms with E-state index in [0.717, 1.165) is 89.6 Å². The first-order valence-electron chi connectivity index (χ1n) is 28.0. The molecule has 3 aliphatic rings. The molecular weight excluding hydrogens is 1160 g/mol.